The van der Waals surface area contributed by atoms with E-state index in [-0.39, 0.29) is 0 Å². The molecule has 0 spiro atoms. The van der Waals surface area contributed by atoms with Gasteiger partial charge in [-0.2, -0.15) is 5.10 Å². The Morgan fingerprint density at radius 2 is 2.13 bits per heavy atom. The van der Waals surface area contributed by atoms with Crippen LogP contribution < -0.4 is 10.1 Å². The van der Waals surface area contributed by atoms with Crippen LogP contribution in [0, 0.1) is 0 Å². The SMILES string of the molecule is COc1ccccc1Nc1cnn(C)c1. The number of aryl methyl sites for hydroxylation is 1. The zero-order chi connectivity index (χ0) is 10.7. The van der Waals surface area contributed by atoms with E-state index in [4.69, 9.17) is 4.74 Å². The Labute approximate surface area is 88.5 Å². The molecule has 1 aromatic carbocycles. The lowest BCUT2D eigenvalue weighted by Crippen LogP contribution is -1.93. The zero-order valence-corrected chi connectivity index (χ0v) is 8.77. The first-order valence-electron chi connectivity index (χ1n) is 4.68. The van der Waals surface area contributed by atoms with Crippen molar-refractivity contribution in [3.8, 4) is 5.75 Å². The standard InChI is InChI=1S/C11H13N3O/c1-14-8-9(7-12-14)13-10-5-3-4-6-11(10)15-2/h3-8,13H,1-2H3. The number of hydrogen-bond donors (Lipinski definition) is 1. The van der Waals surface area contributed by atoms with Gasteiger partial charge in [0.05, 0.1) is 24.7 Å². The van der Waals surface area contributed by atoms with Gasteiger partial charge in [-0.05, 0) is 12.1 Å². The van der Waals surface area contributed by atoms with E-state index in [0.29, 0.717) is 0 Å². The molecule has 2 aromatic rings. The number of rotatable bonds is 3. The maximum absolute atomic E-state index is 5.23. The monoisotopic (exact) mass is 203 g/mol. The molecule has 0 fully saturated rings. The molecule has 4 nitrogen and oxygen atoms in total. The van der Waals surface area contributed by atoms with Crippen molar-refractivity contribution in [2.45, 2.75) is 0 Å². The van der Waals surface area contributed by atoms with Crippen LogP contribution >= 0.6 is 0 Å². The van der Waals surface area contributed by atoms with Crippen LogP contribution in [0.2, 0.25) is 0 Å². The van der Waals surface area contributed by atoms with E-state index in [9.17, 15) is 0 Å². The fourth-order valence-corrected chi connectivity index (χ4v) is 1.39. The molecule has 2 rings (SSSR count). The third-order valence-electron chi connectivity index (χ3n) is 2.09. The van der Waals surface area contributed by atoms with Crippen LogP contribution in [0.5, 0.6) is 5.75 Å². The molecule has 0 radical (unpaired) electrons. The summed E-state index contributed by atoms with van der Waals surface area (Å²) in [4.78, 5) is 0. The molecule has 1 aromatic heterocycles. The fourth-order valence-electron chi connectivity index (χ4n) is 1.39. The van der Waals surface area contributed by atoms with Crippen LogP contribution in [0.4, 0.5) is 11.4 Å². The molecule has 1 N–H and O–H groups in total. The lowest BCUT2D eigenvalue weighted by atomic mass is 10.3. The van der Waals surface area contributed by atoms with E-state index in [1.807, 2.05) is 37.5 Å². The summed E-state index contributed by atoms with van der Waals surface area (Å²) in [6.45, 7) is 0. The predicted octanol–water partition coefficient (Wildman–Crippen LogP) is 2.17. The molecule has 0 amide bonds. The number of nitrogens with zero attached hydrogens (tertiary/aromatic N) is 2. The Morgan fingerprint density at radius 1 is 1.33 bits per heavy atom. The minimum absolute atomic E-state index is 0.821. The fraction of sp³-hybridized carbons (Fsp3) is 0.182. The van der Waals surface area contributed by atoms with E-state index in [2.05, 4.69) is 10.4 Å². The molecule has 0 unspecified atom stereocenters. The van der Waals surface area contributed by atoms with Gasteiger partial charge in [0.1, 0.15) is 5.75 Å². The van der Waals surface area contributed by atoms with Crippen molar-refractivity contribution in [1.29, 1.82) is 0 Å². The largest absolute Gasteiger partial charge is 0.495 e. The highest BCUT2D eigenvalue weighted by molar-refractivity contribution is 5.65. The number of benzene rings is 1. The van der Waals surface area contributed by atoms with Gasteiger partial charge in [-0.15, -0.1) is 0 Å². The minimum Gasteiger partial charge on any atom is -0.495 e. The van der Waals surface area contributed by atoms with Crippen LogP contribution in [-0.2, 0) is 7.05 Å². The van der Waals surface area contributed by atoms with E-state index < -0.39 is 0 Å². The van der Waals surface area contributed by atoms with Crippen molar-refractivity contribution in [3.63, 3.8) is 0 Å². The maximum atomic E-state index is 5.23. The van der Waals surface area contributed by atoms with Gasteiger partial charge >= 0.3 is 0 Å². The molecule has 78 valence electrons. The quantitative estimate of drug-likeness (QED) is 0.831. The lowest BCUT2D eigenvalue weighted by Gasteiger charge is -2.08. The summed E-state index contributed by atoms with van der Waals surface area (Å²) in [5.41, 5.74) is 1.88. The van der Waals surface area contributed by atoms with Gasteiger partial charge in [-0.25, -0.2) is 0 Å². The first-order valence-corrected chi connectivity index (χ1v) is 4.68. The summed E-state index contributed by atoms with van der Waals surface area (Å²) < 4.78 is 6.98. The van der Waals surface area contributed by atoms with Gasteiger partial charge < -0.3 is 10.1 Å². The Bertz CT molecular complexity index is 451. The van der Waals surface area contributed by atoms with Gasteiger partial charge in [0.25, 0.3) is 0 Å². The molecule has 0 bridgehead atoms. The highest BCUT2D eigenvalue weighted by Crippen LogP contribution is 2.26. The van der Waals surface area contributed by atoms with Crippen molar-refractivity contribution in [2.24, 2.45) is 7.05 Å². The highest BCUT2D eigenvalue weighted by atomic mass is 16.5. The smallest absolute Gasteiger partial charge is 0.142 e. The summed E-state index contributed by atoms with van der Waals surface area (Å²) in [5, 5.41) is 7.32. The first kappa shape index (κ1) is 9.58. The molecular weight excluding hydrogens is 190 g/mol. The number of para-hydroxylation sites is 2. The predicted molar refractivity (Wildman–Crippen MR) is 59.5 cm³/mol. The van der Waals surface area contributed by atoms with Crippen LogP contribution in [0.1, 0.15) is 0 Å². The Hall–Kier alpha value is -1.97. The second-order valence-corrected chi connectivity index (χ2v) is 3.23. The molecule has 1 heterocycles. The van der Waals surface area contributed by atoms with E-state index in [1.54, 1.807) is 18.0 Å². The zero-order valence-electron chi connectivity index (χ0n) is 8.77. The molecular formula is C11H13N3O. The number of nitrogens with one attached hydrogen (secondary N) is 1. The maximum Gasteiger partial charge on any atom is 0.142 e. The number of methoxy groups -OCH3 is 1. The molecule has 0 saturated heterocycles. The van der Waals surface area contributed by atoms with Crippen molar-refractivity contribution < 1.29 is 4.74 Å². The average molecular weight is 203 g/mol. The molecule has 4 heteroatoms. The normalized spacial score (nSPS) is 10.0. The Balaban J connectivity index is 2.23. The van der Waals surface area contributed by atoms with Gasteiger partial charge in [0, 0.05) is 13.2 Å². The summed E-state index contributed by atoms with van der Waals surface area (Å²) in [6, 6.07) is 7.78. The summed E-state index contributed by atoms with van der Waals surface area (Å²) in [7, 11) is 3.54. The van der Waals surface area contributed by atoms with Crippen molar-refractivity contribution >= 4 is 11.4 Å². The number of hydrogen-bond acceptors (Lipinski definition) is 3. The van der Waals surface area contributed by atoms with Gasteiger partial charge in [0.2, 0.25) is 0 Å². The molecule has 0 aliphatic heterocycles. The van der Waals surface area contributed by atoms with Crippen LogP contribution in [0.3, 0.4) is 0 Å². The number of aromatic nitrogens is 2. The van der Waals surface area contributed by atoms with Crippen molar-refractivity contribution in [1.82, 2.24) is 9.78 Å². The summed E-state index contributed by atoms with van der Waals surface area (Å²) >= 11 is 0. The second-order valence-electron chi connectivity index (χ2n) is 3.23. The minimum atomic E-state index is 0.821. The van der Waals surface area contributed by atoms with E-state index in [1.165, 1.54) is 0 Å². The molecule has 0 aliphatic rings. The first-order chi connectivity index (χ1) is 7.29. The number of anilines is 2. The Kier molecular flexibility index (Phi) is 2.58. The third kappa shape index (κ3) is 2.10. The van der Waals surface area contributed by atoms with Gasteiger partial charge in [-0.3, -0.25) is 4.68 Å². The lowest BCUT2D eigenvalue weighted by molar-refractivity contribution is 0.417. The molecule has 0 aliphatic carbocycles. The van der Waals surface area contributed by atoms with Crippen molar-refractivity contribution in [2.75, 3.05) is 12.4 Å². The number of ether oxygens (including phenoxy) is 1. The van der Waals surface area contributed by atoms with Crippen LogP contribution in [0.25, 0.3) is 0 Å². The van der Waals surface area contributed by atoms with E-state index in [0.717, 1.165) is 17.1 Å². The van der Waals surface area contributed by atoms with Gasteiger partial charge in [-0.1, -0.05) is 12.1 Å². The van der Waals surface area contributed by atoms with Crippen molar-refractivity contribution in [3.05, 3.63) is 36.7 Å². The third-order valence-corrected chi connectivity index (χ3v) is 2.09. The molecule has 0 saturated carbocycles. The van der Waals surface area contributed by atoms with Crippen LogP contribution in [-0.4, -0.2) is 16.9 Å². The topological polar surface area (TPSA) is 39.1 Å². The molecule has 15 heavy (non-hydrogen) atoms. The van der Waals surface area contributed by atoms with E-state index >= 15 is 0 Å². The average Bonchev–Trinajstić information content (AvgIpc) is 2.65. The Morgan fingerprint density at radius 3 is 2.80 bits per heavy atom. The molecule has 0 atom stereocenters. The summed E-state index contributed by atoms with van der Waals surface area (Å²) in [5.74, 6) is 0.821. The van der Waals surface area contributed by atoms with Gasteiger partial charge in [0.15, 0.2) is 0 Å². The second kappa shape index (κ2) is 4.04. The highest BCUT2D eigenvalue weighted by Gasteiger charge is 2.02. The summed E-state index contributed by atoms with van der Waals surface area (Å²) in [6.07, 6.45) is 3.68. The van der Waals surface area contributed by atoms with Crippen LogP contribution in [0.15, 0.2) is 36.7 Å².